The molecule has 1 heterocycles. The van der Waals surface area contributed by atoms with Crippen LogP contribution < -0.4 is 0 Å². The van der Waals surface area contributed by atoms with Gasteiger partial charge in [-0.1, -0.05) is 30.2 Å². The molecule has 0 aromatic heterocycles. The van der Waals surface area contributed by atoms with Gasteiger partial charge in [0.05, 0.1) is 11.8 Å². The van der Waals surface area contributed by atoms with Crippen LogP contribution in [0.1, 0.15) is 27.7 Å². The molecule has 1 aliphatic heterocycles. The second-order valence-electron chi connectivity index (χ2n) is 5.31. The maximum atomic E-state index is 11.8. The third-order valence-corrected chi connectivity index (χ3v) is 3.79. The Balaban J connectivity index is 2.44. The van der Waals surface area contributed by atoms with Crippen molar-refractivity contribution in [1.29, 1.82) is 0 Å². The summed E-state index contributed by atoms with van der Waals surface area (Å²) in [4.78, 5) is 23.5. The summed E-state index contributed by atoms with van der Waals surface area (Å²) >= 11 is 0. The van der Waals surface area contributed by atoms with Crippen molar-refractivity contribution in [2.45, 2.75) is 27.7 Å². The summed E-state index contributed by atoms with van der Waals surface area (Å²) in [6.07, 6.45) is 4.14. The second-order valence-corrected chi connectivity index (χ2v) is 5.31. The van der Waals surface area contributed by atoms with Gasteiger partial charge in [0.2, 0.25) is 0 Å². The van der Waals surface area contributed by atoms with Crippen LogP contribution in [0.2, 0.25) is 0 Å². The van der Waals surface area contributed by atoms with Gasteiger partial charge >= 0.3 is 11.9 Å². The zero-order valence-electron chi connectivity index (χ0n) is 10.7. The van der Waals surface area contributed by atoms with Crippen LogP contribution in [-0.4, -0.2) is 11.9 Å². The summed E-state index contributed by atoms with van der Waals surface area (Å²) in [5, 5.41) is 0. The average Bonchev–Trinajstić information content (AvgIpc) is 2.49. The fraction of sp³-hybridized carbons (Fsp3) is 0.571. The molecule has 0 saturated carbocycles. The second kappa shape index (κ2) is 4.13. The minimum atomic E-state index is -0.363. The third-order valence-electron chi connectivity index (χ3n) is 3.79. The molecule has 0 amide bonds. The molecule has 1 aliphatic carbocycles. The van der Waals surface area contributed by atoms with Gasteiger partial charge in [-0.05, 0) is 26.7 Å². The Morgan fingerprint density at radius 2 is 1.82 bits per heavy atom. The molecule has 2 aliphatic rings. The van der Waals surface area contributed by atoms with Gasteiger partial charge in [-0.2, -0.15) is 0 Å². The molecular formula is C14H18O3. The number of allylic oxidation sites excluding steroid dienone is 4. The molecule has 1 fully saturated rings. The van der Waals surface area contributed by atoms with Gasteiger partial charge in [-0.25, -0.2) is 0 Å². The molecule has 3 heteroatoms. The van der Waals surface area contributed by atoms with Gasteiger partial charge in [-0.15, -0.1) is 0 Å². The van der Waals surface area contributed by atoms with E-state index in [2.05, 4.69) is 6.08 Å². The van der Waals surface area contributed by atoms with Crippen molar-refractivity contribution in [2.75, 3.05) is 0 Å². The smallest absolute Gasteiger partial charge is 0.318 e. The van der Waals surface area contributed by atoms with E-state index in [4.69, 9.17) is 4.74 Å². The molecule has 92 valence electrons. The van der Waals surface area contributed by atoms with E-state index in [1.54, 1.807) is 0 Å². The van der Waals surface area contributed by atoms with Crippen LogP contribution in [0.4, 0.5) is 0 Å². The minimum Gasteiger partial charge on any atom is -0.393 e. The van der Waals surface area contributed by atoms with Gasteiger partial charge in [0.15, 0.2) is 0 Å². The Morgan fingerprint density at radius 3 is 2.41 bits per heavy atom. The topological polar surface area (TPSA) is 43.4 Å². The normalized spacial score (nSPS) is 36.1. The number of carbonyl (C=O) groups excluding carboxylic acids is 2. The summed E-state index contributed by atoms with van der Waals surface area (Å²) in [6, 6.07) is 0. The number of esters is 2. The Hall–Kier alpha value is -1.38. The van der Waals surface area contributed by atoms with Crippen LogP contribution in [0.3, 0.4) is 0 Å². The molecule has 3 nitrogen and oxygen atoms in total. The van der Waals surface area contributed by atoms with Gasteiger partial charge in [-0.3, -0.25) is 9.59 Å². The first kappa shape index (κ1) is 12.1. The highest BCUT2D eigenvalue weighted by Crippen LogP contribution is 2.43. The molecular weight excluding hydrogens is 216 g/mol. The summed E-state index contributed by atoms with van der Waals surface area (Å²) in [7, 11) is 0. The molecule has 0 spiro atoms. The first-order valence-electron chi connectivity index (χ1n) is 6.00. The first-order valence-corrected chi connectivity index (χ1v) is 6.00. The summed E-state index contributed by atoms with van der Waals surface area (Å²) in [5.74, 6) is -1.24. The van der Waals surface area contributed by atoms with E-state index >= 15 is 0 Å². The van der Waals surface area contributed by atoms with E-state index < -0.39 is 0 Å². The highest BCUT2D eigenvalue weighted by molar-refractivity contribution is 5.97. The quantitative estimate of drug-likeness (QED) is 0.397. The maximum absolute atomic E-state index is 11.8. The lowest BCUT2D eigenvalue weighted by Crippen LogP contribution is -2.33. The maximum Gasteiger partial charge on any atom is 0.318 e. The molecule has 4 atom stereocenters. The fourth-order valence-corrected chi connectivity index (χ4v) is 2.82. The van der Waals surface area contributed by atoms with E-state index in [0.717, 1.165) is 5.57 Å². The van der Waals surface area contributed by atoms with Crippen molar-refractivity contribution >= 4 is 11.9 Å². The van der Waals surface area contributed by atoms with E-state index in [1.807, 2.05) is 33.8 Å². The van der Waals surface area contributed by atoms with Gasteiger partial charge in [0.1, 0.15) is 0 Å². The molecule has 0 radical (unpaired) electrons. The molecule has 0 unspecified atom stereocenters. The van der Waals surface area contributed by atoms with Crippen LogP contribution in [0.25, 0.3) is 0 Å². The molecule has 0 N–H and O–H groups in total. The van der Waals surface area contributed by atoms with Crippen LogP contribution in [0.5, 0.6) is 0 Å². The van der Waals surface area contributed by atoms with Crippen molar-refractivity contribution in [2.24, 2.45) is 23.7 Å². The predicted octanol–water partition coefficient (Wildman–Crippen LogP) is 2.48. The minimum absolute atomic E-state index is 0.000139. The van der Waals surface area contributed by atoms with Gasteiger partial charge < -0.3 is 4.74 Å². The number of cyclic esters (lactones) is 2. The summed E-state index contributed by atoms with van der Waals surface area (Å²) in [6.45, 7) is 8.00. The van der Waals surface area contributed by atoms with E-state index in [-0.39, 0.29) is 35.6 Å². The first-order chi connectivity index (χ1) is 7.91. The number of hydrogen-bond donors (Lipinski definition) is 0. The Labute approximate surface area is 102 Å². The number of carbonyl (C=O) groups is 2. The van der Waals surface area contributed by atoms with E-state index in [0.29, 0.717) is 0 Å². The zero-order chi connectivity index (χ0) is 12.7. The van der Waals surface area contributed by atoms with Crippen LogP contribution in [0, 0.1) is 23.7 Å². The number of rotatable bonds is 1. The van der Waals surface area contributed by atoms with Crippen LogP contribution >= 0.6 is 0 Å². The largest absolute Gasteiger partial charge is 0.393 e. The van der Waals surface area contributed by atoms with Crippen LogP contribution in [-0.2, 0) is 14.3 Å². The van der Waals surface area contributed by atoms with Gasteiger partial charge in [0.25, 0.3) is 0 Å². The van der Waals surface area contributed by atoms with Crippen molar-refractivity contribution < 1.29 is 14.3 Å². The monoisotopic (exact) mass is 234 g/mol. The Kier molecular flexibility index (Phi) is 2.94. The lowest BCUT2D eigenvalue weighted by atomic mass is 9.69. The highest BCUT2D eigenvalue weighted by Gasteiger charge is 2.51. The van der Waals surface area contributed by atoms with Gasteiger partial charge in [0, 0.05) is 5.92 Å². The SMILES string of the molecule is CC(C)=C[C@H]1C=C(C)[C@@H](C)[C@H]2C(=O)OC(=O)[C@H]12. The fourth-order valence-electron chi connectivity index (χ4n) is 2.82. The number of fused-ring (bicyclic) bond motifs is 1. The molecule has 0 aromatic carbocycles. The average molecular weight is 234 g/mol. The molecule has 17 heavy (non-hydrogen) atoms. The van der Waals surface area contributed by atoms with E-state index in [9.17, 15) is 9.59 Å². The molecule has 1 saturated heterocycles. The third kappa shape index (κ3) is 1.94. The Bertz CT molecular complexity index is 427. The van der Waals surface area contributed by atoms with Crippen molar-refractivity contribution in [3.05, 3.63) is 23.3 Å². The molecule has 0 aromatic rings. The lowest BCUT2D eigenvalue weighted by molar-refractivity contribution is -0.154. The van der Waals surface area contributed by atoms with Crippen molar-refractivity contribution in [1.82, 2.24) is 0 Å². The summed E-state index contributed by atoms with van der Waals surface area (Å²) in [5.41, 5.74) is 2.32. The molecule has 2 rings (SSSR count). The van der Waals surface area contributed by atoms with Crippen molar-refractivity contribution in [3.8, 4) is 0 Å². The summed E-state index contributed by atoms with van der Waals surface area (Å²) < 4.78 is 4.80. The lowest BCUT2D eigenvalue weighted by Gasteiger charge is -2.30. The Morgan fingerprint density at radius 1 is 1.24 bits per heavy atom. The van der Waals surface area contributed by atoms with E-state index in [1.165, 1.54) is 5.57 Å². The standard InChI is InChI=1S/C14H18O3/c1-7(2)5-10-6-8(3)9(4)11-12(10)14(16)17-13(11)15/h5-6,9-12H,1-4H3/t9-,10+,11-,12-/m1/s1. The zero-order valence-corrected chi connectivity index (χ0v) is 10.7. The highest BCUT2D eigenvalue weighted by atomic mass is 16.6. The number of hydrogen-bond acceptors (Lipinski definition) is 3. The molecule has 0 bridgehead atoms. The number of ether oxygens (including phenoxy) is 1. The van der Waals surface area contributed by atoms with Crippen molar-refractivity contribution in [3.63, 3.8) is 0 Å². The predicted molar refractivity (Wildman–Crippen MR) is 63.9 cm³/mol. The van der Waals surface area contributed by atoms with Crippen LogP contribution in [0.15, 0.2) is 23.3 Å².